The monoisotopic (exact) mass is 149 g/mol. The fraction of sp³-hybridized carbons (Fsp3) is 0.500. The summed E-state index contributed by atoms with van der Waals surface area (Å²) in [5, 5.41) is 0. The zero-order valence-electron chi connectivity index (χ0n) is 7.30. The molecule has 60 valence electrons. The number of nitrogens with zero attached hydrogens (tertiary/aromatic N) is 1. The second kappa shape index (κ2) is 5.73. The third-order valence-corrected chi connectivity index (χ3v) is 1.41. The van der Waals surface area contributed by atoms with Crippen molar-refractivity contribution < 1.29 is 0 Å². The Bertz CT molecular complexity index is 184. The smallest absolute Gasteiger partial charge is 0.0427 e. The summed E-state index contributed by atoms with van der Waals surface area (Å²) >= 11 is 0. The number of aliphatic imine (C=N–C) groups is 1. The van der Waals surface area contributed by atoms with E-state index >= 15 is 0 Å². The molecule has 0 aliphatic heterocycles. The maximum atomic E-state index is 5.15. The molecule has 0 fully saturated rings. The third-order valence-electron chi connectivity index (χ3n) is 1.41. The highest BCUT2D eigenvalue weighted by Gasteiger charge is 1.96. The molecular weight excluding hydrogens is 134 g/mol. The minimum absolute atomic E-state index is 0.481. The molecule has 0 radical (unpaired) electrons. The molecule has 1 nitrogen and oxygen atoms in total. The quantitative estimate of drug-likeness (QED) is 0.429. The highest BCUT2D eigenvalue weighted by Crippen LogP contribution is 2.00. The molecule has 1 heteroatoms. The van der Waals surface area contributed by atoms with Gasteiger partial charge in [-0.2, -0.15) is 0 Å². The van der Waals surface area contributed by atoms with Crippen molar-refractivity contribution in [1.29, 1.82) is 0 Å². The molecule has 0 rings (SSSR count). The Morgan fingerprint density at radius 2 is 2.45 bits per heavy atom. The van der Waals surface area contributed by atoms with E-state index in [2.05, 4.69) is 24.4 Å². The lowest BCUT2D eigenvalue weighted by molar-refractivity contribution is 0.617. The van der Waals surface area contributed by atoms with Crippen LogP contribution in [0.1, 0.15) is 20.3 Å². The normalized spacial score (nSPS) is 13.7. The van der Waals surface area contributed by atoms with E-state index in [-0.39, 0.29) is 0 Å². The van der Waals surface area contributed by atoms with E-state index < -0.39 is 0 Å². The fourth-order valence-electron chi connectivity index (χ4n) is 0.630. The Kier molecular flexibility index (Phi) is 5.20. The van der Waals surface area contributed by atoms with E-state index in [9.17, 15) is 0 Å². The van der Waals surface area contributed by atoms with Gasteiger partial charge in [-0.15, -0.1) is 12.3 Å². The highest BCUT2D eigenvalue weighted by molar-refractivity contribution is 5.92. The van der Waals surface area contributed by atoms with Gasteiger partial charge < -0.3 is 0 Å². The topological polar surface area (TPSA) is 12.4 Å². The Hall–Kier alpha value is -1.03. The number of allylic oxidation sites excluding steroid dienone is 1. The molecule has 1 unspecified atom stereocenters. The summed E-state index contributed by atoms with van der Waals surface area (Å²) in [6, 6.07) is 0. The summed E-state index contributed by atoms with van der Waals surface area (Å²) in [7, 11) is 0. The van der Waals surface area contributed by atoms with Crippen molar-refractivity contribution in [2.24, 2.45) is 10.9 Å². The number of terminal acetylenes is 1. The zero-order valence-corrected chi connectivity index (χ0v) is 7.30. The van der Waals surface area contributed by atoms with Crippen LogP contribution < -0.4 is 0 Å². The summed E-state index contributed by atoms with van der Waals surface area (Å²) in [6.07, 6.45) is 7.70. The van der Waals surface area contributed by atoms with Crippen LogP contribution >= 0.6 is 0 Å². The first-order valence-electron chi connectivity index (χ1n) is 3.77. The molecule has 11 heavy (non-hydrogen) atoms. The van der Waals surface area contributed by atoms with Crippen LogP contribution in [0.2, 0.25) is 0 Å². The Balaban J connectivity index is 3.70. The van der Waals surface area contributed by atoms with E-state index in [1.807, 2.05) is 6.92 Å². The summed E-state index contributed by atoms with van der Waals surface area (Å²) in [6.45, 7) is 8.46. The predicted molar refractivity (Wildman–Crippen MR) is 50.8 cm³/mol. The maximum Gasteiger partial charge on any atom is 0.0427 e. The van der Waals surface area contributed by atoms with Gasteiger partial charge in [-0.25, -0.2) is 0 Å². The van der Waals surface area contributed by atoms with Crippen molar-refractivity contribution >= 4 is 5.71 Å². The molecular formula is C10H15N. The molecule has 0 aliphatic rings. The molecule has 0 aromatic rings. The molecule has 0 saturated carbocycles. The molecule has 0 aromatic carbocycles. The molecule has 0 N–H and O–H groups in total. The van der Waals surface area contributed by atoms with Gasteiger partial charge >= 0.3 is 0 Å². The van der Waals surface area contributed by atoms with Crippen LogP contribution in [-0.2, 0) is 0 Å². The second-order valence-corrected chi connectivity index (χ2v) is 2.70. The first-order chi connectivity index (χ1) is 5.20. The van der Waals surface area contributed by atoms with Crippen LogP contribution in [0.4, 0.5) is 0 Å². The van der Waals surface area contributed by atoms with Crippen molar-refractivity contribution in [2.45, 2.75) is 20.3 Å². The lowest BCUT2D eigenvalue weighted by Crippen LogP contribution is -1.99. The van der Waals surface area contributed by atoms with Crippen molar-refractivity contribution in [2.75, 3.05) is 6.54 Å². The lowest BCUT2D eigenvalue weighted by Gasteiger charge is -2.02. The van der Waals surface area contributed by atoms with Crippen molar-refractivity contribution in [1.82, 2.24) is 0 Å². The van der Waals surface area contributed by atoms with Gasteiger partial charge in [0.1, 0.15) is 0 Å². The van der Waals surface area contributed by atoms with Crippen molar-refractivity contribution in [3.8, 4) is 12.3 Å². The Morgan fingerprint density at radius 1 is 1.82 bits per heavy atom. The number of rotatable bonds is 4. The zero-order chi connectivity index (χ0) is 8.69. The van der Waals surface area contributed by atoms with Gasteiger partial charge in [0.25, 0.3) is 0 Å². The molecule has 0 spiro atoms. The molecule has 0 aliphatic carbocycles. The van der Waals surface area contributed by atoms with Gasteiger partial charge in [0.05, 0.1) is 0 Å². The van der Waals surface area contributed by atoms with Crippen LogP contribution in [0, 0.1) is 18.3 Å². The molecule has 0 amide bonds. The van der Waals surface area contributed by atoms with Crippen LogP contribution in [0.5, 0.6) is 0 Å². The minimum atomic E-state index is 0.481. The van der Waals surface area contributed by atoms with Crippen molar-refractivity contribution in [3.63, 3.8) is 0 Å². The standard InChI is InChI=1S/C10H15N/c1-5-7-9(3)8-11-10(4)6-2/h1,6,9H,2,7-8H2,3-4H3/b11-10-. The minimum Gasteiger partial charge on any atom is -0.290 e. The van der Waals surface area contributed by atoms with E-state index in [0.29, 0.717) is 5.92 Å². The molecule has 0 saturated heterocycles. The van der Waals surface area contributed by atoms with E-state index in [1.54, 1.807) is 6.08 Å². The van der Waals surface area contributed by atoms with Gasteiger partial charge in [-0.05, 0) is 18.9 Å². The largest absolute Gasteiger partial charge is 0.290 e. The van der Waals surface area contributed by atoms with E-state index in [0.717, 1.165) is 18.7 Å². The first-order valence-corrected chi connectivity index (χ1v) is 3.77. The van der Waals surface area contributed by atoms with Gasteiger partial charge in [-0.1, -0.05) is 13.5 Å². The number of hydrogen-bond acceptors (Lipinski definition) is 1. The SMILES string of the molecule is C#CCC(C)C/N=C(/C)C=C. The highest BCUT2D eigenvalue weighted by atomic mass is 14.7. The van der Waals surface area contributed by atoms with Crippen molar-refractivity contribution in [3.05, 3.63) is 12.7 Å². The van der Waals surface area contributed by atoms with Gasteiger partial charge in [0.15, 0.2) is 0 Å². The summed E-state index contributed by atoms with van der Waals surface area (Å²) in [5.41, 5.74) is 0.980. The average Bonchev–Trinajstić information content (AvgIpc) is 2.01. The molecule has 1 atom stereocenters. The lowest BCUT2D eigenvalue weighted by atomic mass is 10.1. The maximum absolute atomic E-state index is 5.15. The summed E-state index contributed by atoms with van der Waals surface area (Å²) in [4.78, 5) is 4.26. The van der Waals surface area contributed by atoms with Crippen LogP contribution in [0.3, 0.4) is 0 Å². The second-order valence-electron chi connectivity index (χ2n) is 2.70. The van der Waals surface area contributed by atoms with Crippen LogP contribution in [-0.4, -0.2) is 12.3 Å². The number of hydrogen-bond donors (Lipinski definition) is 0. The predicted octanol–water partition coefficient (Wildman–Crippen LogP) is 2.29. The van der Waals surface area contributed by atoms with Gasteiger partial charge in [0, 0.05) is 18.7 Å². The fourth-order valence-corrected chi connectivity index (χ4v) is 0.630. The van der Waals surface area contributed by atoms with E-state index in [1.165, 1.54) is 0 Å². The van der Waals surface area contributed by atoms with E-state index in [4.69, 9.17) is 6.42 Å². The first kappa shape index (κ1) is 9.97. The molecule has 0 aromatic heterocycles. The summed E-state index contributed by atoms with van der Waals surface area (Å²) < 4.78 is 0. The van der Waals surface area contributed by atoms with Gasteiger partial charge in [-0.3, -0.25) is 4.99 Å². The van der Waals surface area contributed by atoms with Crippen LogP contribution in [0.15, 0.2) is 17.6 Å². The summed E-state index contributed by atoms with van der Waals surface area (Å²) in [5.74, 6) is 3.10. The van der Waals surface area contributed by atoms with Gasteiger partial charge in [0.2, 0.25) is 0 Å². The average molecular weight is 149 g/mol. The molecule has 0 heterocycles. The Morgan fingerprint density at radius 3 is 2.91 bits per heavy atom. The third kappa shape index (κ3) is 5.42. The van der Waals surface area contributed by atoms with Crippen LogP contribution in [0.25, 0.3) is 0 Å². The molecule has 0 bridgehead atoms. The Labute approximate surface area is 69.2 Å².